The number of hydrogen-bond donors (Lipinski definition) is 0. The Hall–Kier alpha value is -4.13. The largest absolute Gasteiger partial charge is 0.362 e. The topological polar surface area (TPSA) is 27.0 Å². The van der Waals surface area contributed by atoms with Gasteiger partial charge in [0.15, 0.2) is 0 Å². The highest BCUT2D eigenvalue weighted by atomic mass is 28.3. The van der Waals surface area contributed by atoms with Gasteiger partial charge in [-0.05, 0) is 83.7 Å². The molecule has 0 amide bonds. The summed E-state index contributed by atoms with van der Waals surface area (Å²) in [5, 5.41) is 12.6. The lowest BCUT2D eigenvalue weighted by Gasteiger charge is -2.51. The van der Waals surface area contributed by atoms with Crippen molar-refractivity contribution in [1.29, 1.82) is 5.26 Å². The molecule has 0 radical (unpaired) electrons. The normalized spacial score (nSPS) is 25.1. The standard InChI is InChI=1S/C38H36N2Si/c39-27-28-11-4-5-12-31(25-28)29-21-23-30(24-22-29)32-13-10-14-33(26-32)40-35-17-6-8-19-37(35)41(34-15-2-1-3-16-34)38-20-9-7-18-36(38)40/h1-3,5-8,11-13,15-19,21-25,33,36,38,41H,4,9-10,14,20,26H2. The fourth-order valence-electron chi connectivity index (χ4n) is 7.57. The molecule has 2 nitrogen and oxygen atoms in total. The maximum absolute atomic E-state index is 9.43. The maximum atomic E-state index is 9.43. The van der Waals surface area contributed by atoms with Crippen LogP contribution in [0.25, 0.3) is 11.1 Å². The van der Waals surface area contributed by atoms with Crippen LogP contribution in [0.1, 0.15) is 49.7 Å². The molecule has 0 saturated carbocycles. The molecule has 0 N–H and O–H groups in total. The molecular weight excluding hydrogens is 513 g/mol. The first kappa shape index (κ1) is 25.8. The number of para-hydroxylation sites is 1. The Morgan fingerprint density at radius 3 is 2.46 bits per heavy atom. The Balaban J connectivity index is 1.19. The summed E-state index contributed by atoms with van der Waals surface area (Å²) in [5.74, 6) is 0. The summed E-state index contributed by atoms with van der Waals surface area (Å²) in [6.45, 7) is 0. The second-order valence-electron chi connectivity index (χ2n) is 11.8. The number of nitriles is 1. The summed E-state index contributed by atoms with van der Waals surface area (Å²) < 4.78 is 0. The fourth-order valence-corrected chi connectivity index (χ4v) is 11.6. The Morgan fingerprint density at radius 2 is 1.61 bits per heavy atom. The minimum Gasteiger partial charge on any atom is -0.362 e. The van der Waals surface area contributed by atoms with E-state index in [9.17, 15) is 5.26 Å². The molecule has 0 aromatic heterocycles. The summed E-state index contributed by atoms with van der Waals surface area (Å²) in [7, 11) is -1.36. The lowest BCUT2D eigenvalue weighted by Crippen LogP contribution is -2.62. The lowest BCUT2D eigenvalue weighted by molar-refractivity contribution is 0.479. The minimum atomic E-state index is -1.36. The van der Waals surface area contributed by atoms with E-state index in [1.807, 2.05) is 12.2 Å². The third-order valence-corrected chi connectivity index (χ3v) is 13.3. The van der Waals surface area contributed by atoms with Gasteiger partial charge >= 0.3 is 0 Å². The Kier molecular flexibility index (Phi) is 7.17. The average Bonchev–Trinajstić information content (AvgIpc) is 3.30. The number of anilines is 1. The highest BCUT2D eigenvalue weighted by Crippen LogP contribution is 2.43. The smallest absolute Gasteiger partial charge is 0.111 e. The molecular formula is C38H36N2Si. The van der Waals surface area contributed by atoms with Crippen molar-refractivity contribution in [3.63, 3.8) is 0 Å². The van der Waals surface area contributed by atoms with Crippen LogP contribution in [-0.4, -0.2) is 20.9 Å². The molecule has 0 spiro atoms. The second kappa shape index (κ2) is 11.4. The van der Waals surface area contributed by atoms with E-state index in [-0.39, 0.29) is 0 Å². The van der Waals surface area contributed by atoms with Crippen LogP contribution in [0.5, 0.6) is 0 Å². The number of allylic oxidation sites excluding steroid dienone is 8. The van der Waals surface area contributed by atoms with Crippen LogP contribution in [0.2, 0.25) is 5.54 Å². The van der Waals surface area contributed by atoms with Crippen molar-refractivity contribution >= 4 is 36.0 Å². The highest BCUT2D eigenvalue weighted by molar-refractivity contribution is 6.88. The summed E-state index contributed by atoms with van der Waals surface area (Å²) in [6, 6.07) is 33.1. The zero-order chi connectivity index (χ0) is 27.6. The molecule has 3 heteroatoms. The highest BCUT2D eigenvalue weighted by Gasteiger charge is 2.44. The van der Waals surface area contributed by atoms with Gasteiger partial charge in [0.2, 0.25) is 0 Å². The van der Waals surface area contributed by atoms with Crippen LogP contribution in [0.3, 0.4) is 0 Å². The first-order chi connectivity index (χ1) is 20.3. The maximum Gasteiger partial charge on any atom is 0.111 e. The van der Waals surface area contributed by atoms with Crippen molar-refractivity contribution in [3.8, 4) is 6.07 Å². The molecule has 4 atom stereocenters. The van der Waals surface area contributed by atoms with E-state index in [0.29, 0.717) is 12.1 Å². The lowest BCUT2D eigenvalue weighted by atomic mass is 9.86. The molecule has 4 unspecified atom stereocenters. The van der Waals surface area contributed by atoms with Gasteiger partial charge in [-0.15, -0.1) is 0 Å². The molecule has 0 saturated heterocycles. The summed E-state index contributed by atoms with van der Waals surface area (Å²) >= 11 is 0. The van der Waals surface area contributed by atoms with Crippen molar-refractivity contribution in [2.24, 2.45) is 0 Å². The van der Waals surface area contributed by atoms with E-state index < -0.39 is 8.80 Å². The van der Waals surface area contributed by atoms with E-state index in [1.54, 1.807) is 10.4 Å². The van der Waals surface area contributed by atoms with Gasteiger partial charge in [-0.1, -0.05) is 114 Å². The number of nitrogens with zero attached hydrogens (tertiary/aromatic N) is 2. The van der Waals surface area contributed by atoms with Crippen LogP contribution in [-0.2, 0) is 0 Å². The van der Waals surface area contributed by atoms with Crippen LogP contribution < -0.4 is 15.3 Å². The van der Waals surface area contributed by atoms with E-state index in [1.165, 1.54) is 36.1 Å². The van der Waals surface area contributed by atoms with Gasteiger partial charge in [-0.3, -0.25) is 0 Å². The predicted molar refractivity (Wildman–Crippen MR) is 175 cm³/mol. The van der Waals surface area contributed by atoms with Crippen LogP contribution >= 0.6 is 0 Å². The van der Waals surface area contributed by atoms with Crippen LogP contribution in [0.4, 0.5) is 5.69 Å². The molecule has 3 aromatic rings. The first-order valence-electron chi connectivity index (χ1n) is 15.2. The van der Waals surface area contributed by atoms with Crippen molar-refractivity contribution in [2.45, 2.75) is 56.1 Å². The van der Waals surface area contributed by atoms with Gasteiger partial charge in [-0.2, -0.15) is 5.26 Å². The Labute approximate surface area is 246 Å². The Morgan fingerprint density at radius 1 is 0.805 bits per heavy atom. The van der Waals surface area contributed by atoms with Crippen LogP contribution in [0, 0.1) is 11.3 Å². The molecule has 3 aromatic carbocycles. The van der Waals surface area contributed by atoms with Gasteiger partial charge in [0, 0.05) is 23.3 Å². The zero-order valence-corrected chi connectivity index (χ0v) is 24.6. The predicted octanol–water partition coefficient (Wildman–Crippen LogP) is 7.37. The van der Waals surface area contributed by atoms with Crippen molar-refractivity contribution in [2.75, 3.05) is 4.90 Å². The van der Waals surface area contributed by atoms with E-state index in [0.717, 1.165) is 41.5 Å². The quantitative estimate of drug-likeness (QED) is 0.251. The summed E-state index contributed by atoms with van der Waals surface area (Å²) in [4.78, 5) is 2.83. The molecule has 0 bridgehead atoms. The molecule has 41 heavy (non-hydrogen) atoms. The van der Waals surface area contributed by atoms with Gasteiger partial charge in [0.25, 0.3) is 0 Å². The van der Waals surface area contributed by atoms with Crippen molar-refractivity contribution in [1.82, 2.24) is 0 Å². The molecule has 1 aliphatic heterocycles. The molecule has 3 aliphatic carbocycles. The monoisotopic (exact) mass is 548 g/mol. The van der Waals surface area contributed by atoms with Gasteiger partial charge < -0.3 is 4.90 Å². The van der Waals surface area contributed by atoms with Gasteiger partial charge in [0.05, 0.1) is 6.07 Å². The number of benzene rings is 3. The van der Waals surface area contributed by atoms with Gasteiger partial charge in [0.1, 0.15) is 8.80 Å². The molecule has 1 heterocycles. The SMILES string of the molecule is N#CC1=CCC=CC(c2ccc(C3=CCCC(N4c5ccccc5[SiH](c5ccccc5)C5CCC=CC54)C3)cc2)=C1. The Bertz CT molecular complexity index is 1620. The van der Waals surface area contributed by atoms with Crippen LogP contribution in [0.15, 0.2) is 127 Å². The van der Waals surface area contributed by atoms with E-state index >= 15 is 0 Å². The van der Waals surface area contributed by atoms with E-state index in [2.05, 4.69) is 120 Å². The van der Waals surface area contributed by atoms with Crippen molar-refractivity contribution < 1.29 is 0 Å². The summed E-state index contributed by atoms with van der Waals surface area (Å²) in [6.07, 6.45) is 22.4. The molecule has 4 aliphatic rings. The number of fused-ring (bicyclic) bond motifs is 2. The first-order valence-corrected chi connectivity index (χ1v) is 17.0. The van der Waals surface area contributed by atoms with Crippen molar-refractivity contribution in [3.05, 3.63) is 138 Å². The third kappa shape index (κ3) is 4.98. The third-order valence-electron chi connectivity index (χ3n) is 9.44. The number of hydrogen-bond acceptors (Lipinski definition) is 2. The molecule has 7 rings (SSSR count). The van der Waals surface area contributed by atoms with E-state index in [4.69, 9.17) is 0 Å². The number of rotatable bonds is 4. The molecule has 202 valence electrons. The fraction of sp³-hybridized carbons (Fsp3) is 0.237. The van der Waals surface area contributed by atoms with Gasteiger partial charge in [-0.25, -0.2) is 0 Å². The summed E-state index contributed by atoms with van der Waals surface area (Å²) in [5.41, 5.74) is 8.00. The zero-order valence-electron chi connectivity index (χ0n) is 23.5. The average molecular weight is 549 g/mol. The minimum absolute atomic E-state index is 0.485. The second-order valence-corrected chi connectivity index (χ2v) is 14.9. The molecule has 0 fully saturated rings.